The third-order valence-electron chi connectivity index (χ3n) is 3.52. The maximum atomic E-state index is 5.89. The topological polar surface area (TPSA) is 100.0 Å². The van der Waals surface area contributed by atoms with Crippen molar-refractivity contribution in [2.75, 3.05) is 12.3 Å². The molecule has 7 heteroatoms. The van der Waals surface area contributed by atoms with Gasteiger partial charge in [0.25, 0.3) is 5.89 Å². The Kier molecular flexibility index (Phi) is 3.35. The minimum Gasteiger partial charge on any atom is -0.384 e. The fourth-order valence-corrected chi connectivity index (χ4v) is 2.62. The smallest absolute Gasteiger partial charge is 0.259 e. The molecule has 2 heterocycles. The molecule has 0 aromatic carbocycles. The first-order valence-electron chi connectivity index (χ1n) is 6.80. The molecule has 1 fully saturated rings. The summed E-state index contributed by atoms with van der Waals surface area (Å²) in [5, 5.41) is 3.95. The predicted octanol–water partition coefficient (Wildman–Crippen LogP) is 1.91. The van der Waals surface area contributed by atoms with E-state index in [1.54, 1.807) is 12.3 Å². The van der Waals surface area contributed by atoms with Crippen molar-refractivity contribution in [3.8, 4) is 11.6 Å². The predicted molar refractivity (Wildman–Crippen MR) is 71.5 cm³/mol. The third kappa shape index (κ3) is 2.24. The highest BCUT2D eigenvalue weighted by Gasteiger charge is 2.42. The molecule has 106 valence electrons. The summed E-state index contributed by atoms with van der Waals surface area (Å²) in [7, 11) is 0. The van der Waals surface area contributed by atoms with Crippen molar-refractivity contribution in [1.29, 1.82) is 0 Å². The van der Waals surface area contributed by atoms with Crippen molar-refractivity contribution in [1.82, 2.24) is 20.1 Å². The minimum atomic E-state index is -0.444. The number of rotatable bonds is 4. The monoisotopic (exact) mass is 275 g/mol. The number of hydrogen-bond donors (Lipinski definition) is 1. The van der Waals surface area contributed by atoms with Crippen LogP contribution >= 0.6 is 0 Å². The van der Waals surface area contributed by atoms with Crippen molar-refractivity contribution in [3.05, 3.63) is 18.2 Å². The van der Waals surface area contributed by atoms with E-state index in [9.17, 15) is 0 Å². The van der Waals surface area contributed by atoms with Gasteiger partial charge in [0.15, 0.2) is 0 Å². The normalized spacial score (nSPS) is 17.4. The van der Waals surface area contributed by atoms with Gasteiger partial charge in [-0.2, -0.15) is 4.98 Å². The number of anilines is 1. The van der Waals surface area contributed by atoms with Gasteiger partial charge in [-0.05, 0) is 38.7 Å². The molecule has 0 atom stereocenters. The van der Waals surface area contributed by atoms with E-state index in [-0.39, 0.29) is 0 Å². The number of nitrogen functional groups attached to an aromatic ring is 1. The lowest BCUT2D eigenvalue weighted by Gasteiger charge is -2.23. The quantitative estimate of drug-likeness (QED) is 0.909. The van der Waals surface area contributed by atoms with E-state index in [1.807, 2.05) is 6.92 Å². The zero-order chi connectivity index (χ0) is 14.0. The Balaban J connectivity index is 1.93. The highest BCUT2D eigenvalue weighted by Crippen LogP contribution is 2.41. The Hall–Kier alpha value is -2.02. The van der Waals surface area contributed by atoms with Crippen LogP contribution in [0.4, 0.5) is 5.82 Å². The molecule has 0 unspecified atom stereocenters. The van der Waals surface area contributed by atoms with Crippen LogP contribution in [-0.2, 0) is 10.3 Å². The number of ether oxygens (including phenoxy) is 1. The summed E-state index contributed by atoms with van der Waals surface area (Å²) in [6.45, 7) is 2.59. The van der Waals surface area contributed by atoms with Gasteiger partial charge in [0.2, 0.25) is 11.6 Å². The molecule has 0 radical (unpaired) electrons. The van der Waals surface area contributed by atoms with Gasteiger partial charge in [0.1, 0.15) is 11.4 Å². The van der Waals surface area contributed by atoms with Gasteiger partial charge in [0.05, 0.1) is 0 Å². The van der Waals surface area contributed by atoms with E-state index < -0.39 is 5.60 Å². The first-order valence-corrected chi connectivity index (χ1v) is 6.80. The third-order valence-corrected chi connectivity index (χ3v) is 3.52. The molecule has 1 aliphatic carbocycles. The van der Waals surface area contributed by atoms with Gasteiger partial charge in [-0.15, -0.1) is 0 Å². The molecule has 1 aliphatic rings. The fraction of sp³-hybridized carbons (Fsp3) is 0.538. The summed E-state index contributed by atoms with van der Waals surface area (Å²) in [4.78, 5) is 12.6. The van der Waals surface area contributed by atoms with Crippen LogP contribution < -0.4 is 5.73 Å². The summed E-state index contributed by atoms with van der Waals surface area (Å²) in [5.41, 5.74) is 5.19. The molecule has 20 heavy (non-hydrogen) atoms. The maximum Gasteiger partial charge on any atom is 0.259 e. The Morgan fingerprint density at radius 1 is 1.30 bits per heavy atom. The number of nitrogens with two attached hydrogens (primary N) is 1. The van der Waals surface area contributed by atoms with Gasteiger partial charge < -0.3 is 15.0 Å². The van der Waals surface area contributed by atoms with Crippen LogP contribution in [0.3, 0.4) is 0 Å². The highest BCUT2D eigenvalue weighted by atomic mass is 16.5. The van der Waals surface area contributed by atoms with Crippen molar-refractivity contribution >= 4 is 5.82 Å². The molecule has 0 spiro atoms. The molecular weight excluding hydrogens is 258 g/mol. The number of hydrogen-bond acceptors (Lipinski definition) is 7. The second-order valence-corrected chi connectivity index (χ2v) is 4.86. The first kappa shape index (κ1) is 13.0. The Labute approximate surface area is 116 Å². The average molecular weight is 275 g/mol. The first-order chi connectivity index (χ1) is 9.73. The molecule has 1 saturated carbocycles. The van der Waals surface area contributed by atoms with E-state index >= 15 is 0 Å². The molecule has 2 N–H and O–H groups in total. The lowest BCUT2D eigenvalue weighted by Crippen LogP contribution is -2.26. The van der Waals surface area contributed by atoms with Crippen LogP contribution in [0.25, 0.3) is 11.6 Å². The molecule has 2 aromatic rings. The largest absolute Gasteiger partial charge is 0.384 e. The average Bonchev–Trinajstić information content (AvgIpc) is 3.08. The Bertz CT molecular complexity index is 592. The molecule has 3 rings (SSSR count). The molecule has 0 amide bonds. The van der Waals surface area contributed by atoms with Crippen LogP contribution in [-0.4, -0.2) is 26.7 Å². The van der Waals surface area contributed by atoms with E-state index in [0.717, 1.165) is 25.7 Å². The molecule has 0 aliphatic heterocycles. The lowest BCUT2D eigenvalue weighted by atomic mass is 10.0. The molecule has 2 aromatic heterocycles. The molecule has 7 nitrogen and oxygen atoms in total. The minimum absolute atomic E-state index is 0.346. The van der Waals surface area contributed by atoms with E-state index in [1.165, 1.54) is 0 Å². The number of aromatic nitrogens is 4. The van der Waals surface area contributed by atoms with E-state index in [0.29, 0.717) is 30.0 Å². The zero-order valence-electron chi connectivity index (χ0n) is 11.4. The lowest BCUT2D eigenvalue weighted by molar-refractivity contribution is -0.0610. The van der Waals surface area contributed by atoms with E-state index in [2.05, 4.69) is 20.1 Å². The SMILES string of the molecule is CCOC1(c2nc(-c3nccc(N)n3)no2)CCCC1. The van der Waals surface area contributed by atoms with Gasteiger partial charge >= 0.3 is 0 Å². The summed E-state index contributed by atoms with van der Waals surface area (Å²) in [6, 6.07) is 1.61. The van der Waals surface area contributed by atoms with Crippen LogP contribution in [0.2, 0.25) is 0 Å². The van der Waals surface area contributed by atoms with Gasteiger partial charge in [-0.3, -0.25) is 0 Å². The van der Waals surface area contributed by atoms with Crippen LogP contribution in [0.1, 0.15) is 38.5 Å². The molecule has 0 bridgehead atoms. The Morgan fingerprint density at radius 3 is 2.80 bits per heavy atom. The summed E-state index contributed by atoms with van der Waals surface area (Å²) in [5.74, 6) is 1.60. The standard InChI is InChI=1S/C13H17N5O2/c1-2-19-13(6-3-4-7-13)12-17-11(18-20-12)10-15-8-5-9(14)16-10/h5,8H,2-4,6-7H2,1H3,(H2,14,15,16). The van der Waals surface area contributed by atoms with Gasteiger partial charge in [0, 0.05) is 12.8 Å². The second-order valence-electron chi connectivity index (χ2n) is 4.86. The van der Waals surface area contributed by atoms with E-state index in [4.69, 9.17) is 15.0 Å². The van der Waals surface area contributed by atoms with Crippen LogP contribution in [0.5, 0.6) is 0 Å². The van der Waals surface area contributed by atoms with Crippen molar-refractivity contribution < 1.29 is 9.26 Å². The molecule has 0 saturated heterocycles. The van der Waals surface area contributed by atoms with Crippen molar-refractivity contribution in [2.24, 2.45) is 0 Å². The summed E-state index contributed by atoms with van der Waals surface area (Å²) >= 11 is 0. The van der Waals surface area contributed by atoms with Gasteiger partial charge in [-0.25, -0.2) is 9.97 Å². The number of nitrogens with zero attached hydrogens (tertiary/aromatic N) is 4. The summed E-state index contributed by atoms with van der Waals surface area (Å²) in [6.07, 6.45) is 5.58. The Morgan fingerprint density at radius 2 is 2.10 bits per heavy atom. The van der Waals surface area contributed by atoms with Crippen molar-refractivity contribution in [2.45, 2.75) is 38.2 Å². The highest BCUT2D eigenvalue weighted by molar-refractivity contribution is 5.45. The van der Waals surface area contributed by atoms with Crippen molar-refractivity contribution in [3.63, 3.8) is 0 Å². The molecular formula is C13H17N5O2. The second kappa shape index (κ2) is 5.16. The zero-order valence-corrected chi connectivity index (χ0v) is 11.4. The summed E-state index contributed by atoms with van der Waals surface area (Å²) < 4.78 is 11.3. The van der Waals surface area contributed by atoms with Gasteiger partial charge in [-0.1, -0.05) is 5.16 Å². The maximum absolute atomic E-state index is 5.89. The fourth-order valence-electron chi connectivity index (χ4n) is 2.62. The van der Waals surface area contributed by atoms with Crippen LogP contribution in [0, 0.1) is 0 Å². The van der Waals surface area contributed by atoms with Crippen LogP contribution in [0.15, 0.2) is 16.8 Å².